The molecular formula is C25H30N2O4. The Balaban J connectivity index is 1.35. The number of piperazine rings is 1. The molecule has 164 valence electrons. The van der Waals surface area contributed by atoms with E-state index < -0.39 is 0 Å². The SMILES string of the molecule is COc1ccc2c(=O)c(C)c(CCCN3CCN(c4ccccc4OC)CC3)oc2c1. The molecular weight excluding hydrogens is 392 g/mol. The first-order valence-corrected chi connectivity index (χ1v) is 10.8. The lowest BCUT2D eigenvalue weighted by molar-refractivity contribution is 0.252. The molecule has 0 bridgehead atoms. The number of fused-ring (bicyclic) bond motifs is 1. The van der Waals surface area contributed by atoms with E-state index in [1.807, 2.05) is 19.1 Å². The minimum Gasteiger partial charge on any atom is -0.497 e. The molecule has 1 saturated heterocycles. The van der Waals surface area contributed by atoms with Crippen molar-refractivity contribution in [3.63, 3.8) is 0 Å². The van der Waals surface area contributed by atoms with Gasteiger partial charge in [0.15, 0.2) is 5.43 Å². The van der Waals surface area contributed by atoms with Crippen LogP contribution in [0.4, 0.5) is 5.69 Å². The van der Waals surface area contributed by atoms with E-state index in [9.17, 15) is 4.79 Å². The average molecular weight is 423 g/mol. The van der Waals surface area contributed by atoms with Crippen LogP contribution in [0.1, 0.15) is 17.7 Å². The summed E-state index contributed by atoms with van der Waals surface area (Å²) in [6.07, 6.45) is 1.70. The summed E-state index contributed by atoms with van der Waals surface area (Å²) in [5.74, 6) is 2.39. The number of ether oxygens (including phenoxy) is 2. The third-order valence-electron chi connectivity index (χ3n) is 6.10. The van der Waals surface area contributed by atoms with Crippen LogP contribution in [0.25, 0.3) is 11.0 Å². The fourth-order valence-corrected chi connectivity index (χ4v) is 4.24. The molecule has 2 heterocycles. The number of hydrogen-bond acceptors (Lipinski definition) is 6. The van der Waals surface area contributed by atoms with Crippen molar-refractivity contribution >= 4 is 16.7 Å². The number of methoxy groups -OCH3 is 2. The molecule has 6 heteroatoms. The van der Waals surface area contributed by atoms with Crippen LogP contribution in [0, 0.1) is 6.92 Å². The summed E-state index contributed by atoms with van der Waals surface area (Å²) >= 11 is 0. The molecule has 0 amide bonds. The number of rotatable bonds is 7. The summed E-state index contributed by atoms with van der Waals surface area (Å²) < 4.78 is 16.9. The van der Waals surface area contributed by atoms with E-state index in [-0.39, 0.29) is 5.43 Å². The van der Waals surface area contributed by atoms with Gasteiger partial charge in [-0.15, -0.1) is 0 Å². The highest BCUT2D eigenvalue weighted by Crippen LogP contribution is 2.28. The second-order valence-electron chi connectivity index (χ2n) is 7.95. The molecule has 0 atom stereocenters. The summed E-state index contributed by atoms with van der Waals surface area (Å²) in [5, 5.41) is 0.606. The number of nitrogens with zero attached hydrogens (tertiary/aromatic N) is 2. The van der Waals surface area contributed by atoms with Crippen LogP contribution >= 0.6 is 0 Å². The van der Waals surface area contributed by atoms with Crippen molar-refractivity contribution in [3.05, 3.63) is 64.0 Å². The number of anilines is 1. The van der Waals surface area contributed by atoms with E-state index >= 15 is 0 Å². The van der Waals surface area contributed by atoms with E-state index in [0.29, 0.717) is 22.3 Å². The molecule has 1 fully saturated rings. The molecule has 0 spiro atoms. The molecule has 0 radical (unpaired) electrons. The predicted octanol–water partition coefficient (Wildman–Crippen LogP) is 3.87. The van der Waals surface area contributed by atoms with Gasteiger partial charge >= 0.3 is 0 Å². The highest BCUT2D eigenvalue weighted by Gasteiger charge is 2.19. The van der Waals surface area contributed by atoms with Gasteiger partial charge in [0, 0.05) is 44.2 Å². The fourth-order valence-electron chi connectivity index (χ4n) is 4.24. The van der Waals surface area contributed by atoms with Gasteiger partial charge in [-0.25, -0.2) is 0 Å². The second kappa shape index (κ2) is 9.43. The summed E-state index contributed by atoms with van der Waals surface area (Å²) in [6.45, 7) is 6.82. The highest BCUT2D eigenvalue weighted by atomic mass is 16.5. The maximum Gasteiger partial charge on any atom is 0.195 e. The van der Waals surface area contributed by atoms with Gasteiger partial charge in [-0.3, -0.25) is 9.69 Å². The maximum atomic E-state index is 12.7. The van der Waals surface area contributed by atoms with Gasteiger partial charge in [-0.05, 0) is 44.2 Å². The zero-order chi connectivity index (χ0) is 21.8. The quantitative estimate of drug-likeness (QED) is 0.576. The molecule has 0 aliphatic carbocycles. The first-order valence-electron chi connectivity index (χ1n) is 10.8. The van der Waals surface area contributed by atoms with Gasteiger partial charge in [0.1, 0.15) is 22.8 Å². The Labute approximate surface area is 183 Å². The van der Waals surface area contributed by atoms with Crippen molar-refractivity contribution in [2.45, 2.75) is 19.8 Å². The number of benzene rings is 2. The average Bonchev–Trinajstić information content (AvgIpc) is 2.82. The van der Waals surface area contributed by atoms with Crippen LogP contribution in [0.15, 0.2) is 51.7 Å². The van der Waals surface area contributed by atoms with E-state index in [1.54, 1.807) is 32.4 Å². The monoisotopic (exact) mass is 422 g/mol. The molecule has 2 aromatic carbocycles. The van der Waals surface area contributed by atoms with Crippen molar-refractivity contribution in [3.8, 4) is 11.5 Å². The molecule has 31 heavy (non-hydrogen) atoms. The molecule has 6 nitrogen and oxygen atoms in total. The Morgan fingerprint density at radius 3 is 2.52 bits per heavy atom. The Kier molecular flexibility index (Phi) is 6.47. The van der Waals surface area contributed by atoms with Crippen LogP contribution in [-0.2, 0) is 6.42 Å². The van der Waals surface area contributed by atoms with E-state index in [4.69, 9.17) is 13.9 Å². The molecule has 4 rings (SSSR count). The minimum absolute atomic E-state index is 0.0457. The topological polar surface area (TPSA) is 55.2 Å². The largest absolute Gasteiger partial charge is 0.497 e. The van der Waals surface area contributed by atoms with E-state index in [2.05, 4.69) is 21.9 Å². The molecule has 0 N–H and O–H groups in total. The summed E-state index contributed by atoms with van der Waals surface area (Å²) in [7, 11) is 3.33. The van der Waals surface area contributed by atoms with Crippen LogP contribution in [0.5, 0.6) is 11.5 Å². The van der Waals surface area contributed by atoms with Crippen molar-refractivity contribution in [2.24, 2.45) is 0 Å². The van der Waals surface area contributed by atoms with Crippen LogP contribution < -0.4 is 19.8 Å². The lowest BCUT2D eigenvalue weighted by atomic mass is 10.1. The fraction of sp³-hybridized carbons (Fsp3) is 0.400. The third kappa shape index (κ3) is 4.54. The predicted molar refractivity (Wildman–Crippen MR) is 124 cm³/mol. The smallest absolute Gasteiger partial charge is 0.195 e. The van der Waals surface area contributed by atoms with Crippen molar-refractivity contribution < 1.29 is 13.9 Å². The Morgan fingerprint density at radius 2 is 1.77 bits per heavy atom. The maximum absolute atomic E-state index is 12.7. The molecule has 1 aromatic heterocycles. The first kappa shape index (κ1) is 21.2. The number of hydrogen-bond donors (Lipinski definition) is 0. The highest BCUT2D eigenvalue weighted by molar-refractivity contribution is 5.78. The number of aryl methyl sites for hydroxylation is 1. The summed E-state index contributed by atoms with van der Waals surface area (Å²) in [5.41, 5.74) is 2.51. The second-order valence-corrected chi connectivity index (χ2v) is 7.95. The van der Waals surface area contributed by atoms with Gasteiger partial charge in [0.25, 0.3) is 0 Å². The minimum atomic E-state index is 0.0457. The van der Waals surface area contributed by atoms with Gasteiger partial charge < -0.3 is 18.8 Å². The summed E-state index contributed by atoms with van der Waals surface area (Å²) in [6, 6.07) is 13.5. The lowest BCUT2D eigenvalue weighted by Crippen LogP contribution is -2.46. The van der Waals surface area contributed by atoms with Gasteiger partial charge in [0.05, 0.1) is 25.3 Å². The van der Waals surface area contributed by atoms with Crippen molar-refractivity contribution in [2.75, 3.05) is 51.8 Å². The first-order chi connectivity index (χ1) is 15.1. The van der Waals surface area contributed by atoms with Gasteiger partial charge in [-0.2, -0.15) is 0 Å². The molecule has 1 aliphatic heterocycles. The lowest BCUT2D eigenvalue weighted by Gasteiger charge is -2.36. The zero-order valence-corrected chi connectivity index (χ0v) is 18.5. The summed E-state index contributed by atoms with van der Waals surface area (Å²) in [4.78, 5) is 17.6. The Hall–Kier alpha value is -2.99. The molecule has 3 aromatic rings. The molecule has 0 saturated carbocycles. The van der Waals surface area contributed by atoms with Crippen LogP contribution in [0.3, 0.4) is 0 Å². The van der Waals surface area contributed by atoms with Crippen LogP contribution in [0.2, 0.25) is 0 Å². The third-order valence-corrected chi connectivity index (χ3v) is 6.10. The van der Waals surface area contributed by atoms with Crippen LogP contribution in [-0.4, -0.2) is 51.8 Å². The van der Waals surface area contributed by atoms with E-state index in [0.717, 1.165) is 62.8 Å². The Morgan fingerprint density at radius 1 is 1.00 bits per heavy atom. The zero-order valence-electron chi connectivity index (χ0n) is 18.5. The molecule has 1 aliphatic rings. The normalized spacial score (nSPS) is 14.7. The number of para-hydroxylation sites is 2. The van der Waals surface area contributed by atoms with E-state index in [1.165, 1.54) is 0 Å². The van der Waals surface area contributed by atoms with Gasteiger partial charge in [-0.1, -0.05) is 12.1 Å². The van der Waals surface area contributed by atoms with Gasteiger partial charge in [0.2, 0.25) is 0 Å². The van der Waals surface area contributed by atoms with Crippen molar-refractivity contribution in [1.29, 1.82) is 0 Å². The molecule has 0 unspecified atom stereocenters. The standard InChI is InChI=1S/C25H30N2O4/c1-18-22(31-24-17-19(29-2)10-11-20(24)25(18)28)9-6-12-26-13-15-27(16-14-26)21-7-4-5-8-23(21)30-3/h4-5,7-8,10-11,17H,6,9,12-16H2,1-3H3. The van der Waals surface area contributed by atoms with Crippen molar-refractivity contribution in [1.82, 2.24) is 4.90 Å². The Bertz CT molecular complexity index is 1100.